The van der Waals surface area contributed by atoms with Gasteiger partial charge in [0.05, 0.1) is 33.5 Å². The number of hydrogen-bond donors (Lipinski definition) is 2. The van der Waals surface area contributed by atoms with Crippen LogP contribution < -0.4 is 25.2 Å². The van der Waals surface area contributed by atoms with E-state index in [2.05, 4.69) is 36.7 Å². The number of ether oxygens (including phenoxy) is 1. The number of nitrogens with zero attached hydrogens (tertiary/aromatic N) is 7. The Morgan fingerprint density at radius 1 is 0.950 bits per heavy atom. The maximum Gasteiger partial charge on any atom is 0.282 e. The fraction of sp³-hybridized carbons (Fsp3) is 0.524. The fourth-order valence-electron chi connectivity index (χ4n) is 9.73. The number of benzene rings is 2. The van der Waals surface area contributed by atoms with Gasteiger partial charge >= 0.3 is 0 Å². The summed E-state index contributed by atoms with van der Waals surface area (Å²) in [6.07, 6.45) is 7.16. The highest BCUT2D eigenvalue weighted by Gasteiger charge is 2.47. The lowest BCUT2D eigenvalue weighted by Gasteiger charge is -2.54. The molecule has 1 spiro atoms. The summed E-state index contributed by atoms with van der Waals surface area (Å²) < 4.78 is 21.5. The monoisotopic (exact) mass is 857 g/mol. The molecule has 2 N–H and O–H groups in total. The summed E-state index contributed by atoms with van der Waals surface area (Å²) in [5.74, 6) is -2.17. The molecule has 9 rings (SSSR count). The van der Waals surface area contributed by atoms with Gasteiger partial charge in [0.15, 0.2) is 0 Å². The Kier molecular flexibility index (Phi) is 11.0. The van der Waals surface area contributed by atoms with E-state index in [1.165, 1.54) is 17.4 Å². The zero-order chi connectivity index (χ0) is 41.7. The second-order valence-corrected chi connectivity index (χ2v) is 18.5. The predicted octanol–water partition coefficient (Wildman–Crippen LogP) is 4.54. The van der Waals surface area contributed by atoms with Crippen molar-refractivity contribution in [3.63, 3.8) is 0 Å². The molecule has 6 aliphatic rings. The highest BCUT2D eigenvalue weighted by atomic mass is 35.5. The van der Waals surface area contributed by atoms with E-state index in [4.69, 9.17) is 21.6 Å². The van der Waals surface area contributed by atoms with Crippen LogP contribution in [0.4, 0.5) is 15.2 Å². The van der Waals surface area contributed by atoms with Gasteiger partial charge in [0.25, 0.3) is 17.7 Å². The second kappa shape index (κ2) is 16.4. The third-order valence-corrected chi connectivity index (χ3v) is 14.5. The molecule has 5 amide bonds. The largest absolute Gasteiger partial charge is 0.490 e. The van der Waals surface area contributed by atoms with Gasteiger partial charge in [0, 0.05) is 56.7 Å². The minimum absolute atomic E-state index is 0.0173. The first-order valence-electron chi connectivity index (χ1n) is 20.7. The molecule has 1 aliphatic carbocycles. The van der Waals surface area contributed by atoms with Crippen molar-refractivity contribution in [2.75, 3.05) is 55.6 Å². The van der Waals surface area contributed by atoms with Crippen molar-refractivity contribution < 1.29 is 33.1 Å². The molecule has 2 aromatic carbocycles. The highest BCUT2D eigenvalue weighted by Crippen LogP contribution is 2.44. The Bertz CT molecular complexity index is 2270. The third-order valence-electron chi connectivity index (χ3n) is 13.2. The number of rotatable bonds is 9. The van der Waals surface area contributed by atoms with Crippen molar-refractivity contribution in [1.82, 2.24) is 30.6 Å². The van der Waals surface area contributed by atoms with E-state index in [-0.39, 0.29) is 53.1 Å². The van der Waals surface area contributed by atoms with Crippen molar-refractivity contribution in [2.45, 2.75) is 82.4 Å². The number of likely N-dealkylation sites (tertiary alicyclic amines) is 1. The van der Waals surface area contributed by atoms with Gasteiger partial charge in [-0.15, -0.1) is 10.2 Å². The Balaban J connectivity index is 0.696. The molecule has 5 fully saturated rings. The van der Waals surface area contributed by atoms with Gasteiger partial charge in [0.2, 0.25) is 22.0 Å². The molecule has 1 saturated carbocycles. The number of halogens is 2. The van der Waals surface area contributed by atoms with Crippen molar-refractivity contribution >= 4 is 63.3 Å². The number of anilines is 2. The van der Waals surface area contributed by atoms with Gasteiger partial charge in [-0.25, -0.2) is 4.39 Å². The number of imide groups is 2. The molecule has 5 aliphatic heterocycles. The number of aromatic nitrogens is 2. The lowest BCUT2D eigenvalue weighted by atomic mass is 9.72. The molecular weight excluding hydrogens is 813 g/mol. The standard InChI is InChI=1S/C42H45ClFN9O6S/c43-31-17-28(4-1-25(31)20-45)59-27-5-2-26(3-6-27)46-37(56)38-48-49-41(60-38)52-22-42(23-52)11-15-50(16-12-42)21-24-9-13-51(14-10-24)34-19-30-29(18-32(34)44)39(57)53(40(30)58)33-7-8-35(54)47-36(33)55/h1,4,17-19,24,26-27,33H,2-3,5-16,21-23H2,(H,46,56)(H,47,54,55). The number of carbonyl (C=O) groups is 5. The van der Waals surface area contributed by atoms with Crippen LogP contribution in [-0.4, -0.2) is 114 Å². The molecule has 0 bridgehead atoms. The van der Waals surface area contributed by atoms with Gasteiger partial charge in [-0.3, -0.25) is 34.2 Å². The molecule has 15 nitrogen and oxygen atoms in total. The fourth-order valence-corrected chi connectivity index (χ4v) is 10.7. The van der Waals surface area contributed by atoms with E-state index in [9.17, 15) is 24.0 Å². The minimum atomic E-state index is -1.09. The van der Waals surface area contributed by atoms with Gasteiger partial charge in [-0.05, 0) is 101 Å². The van der Waals surface area contributed by atoms with Crippen LogP contribution in [0.3, 0.4) is 0 Å². The van der Waals surface area contributed by atoms with Gasteiger partial charge in [-0.2, -0.15) is 5.26 Å². The quantitative estimate of drug-likeness (QED) is 0.288. The van der Waals surface area contributed by atoms with Crippen molar-refractivity contribution in [1.29, 1.82) is 5.26 Å². The summed E-state index contributed by atoms with van der Waals surface area (Å²) in [4.78, 5) is 71.2. The van der Waals surface area contributed by atoms with Crippen LogP contribution in [0.5, 0.6) is 5.75 Å². The molecular formula is C42H45ClFN9O6S. The van der Waals surface area contributed by atoms with Crippen molar-refractivity contribution in [3.8, 4) is 11.8 Å². The number of carbonyl (C=O) groups excluding carboxylic acids is 5. The summed E-state index contributed by atoms with van der Waals surface area (Å²) in [5, 5.41) is 24.5. The van der Waals surface area contributed by atoms with Crippen LogP contribution in [-0.2, 0) is 9.59 Å². The minimum Gasteiger partial charge on any atom is -0.490 e. The second-order valence-electron chi connectivity index (χ2n) is 17.1. The molecule has 1 aromatic heterocycles. The van der Waals surface area contributed by atoms with Gasteiger partial charge in [-0.1, -0.05) is 22.9 Å². The van der Waals surface area contributed by atoms with Gasteiger partial charge in [0.1, 0.15) is 23.7 Å². The van der Waals surface area contributed by atoms with Crippen LogP contribution in [0.25, 0.3) is 0 Å². The molecule has 0 radical (unpaired) electrons. The number of piperidine rings is 3. The molecule has 6 heterocycles. The molecule has 60 heavy (non-hydrogen) atoms. The number of fused-ring (bicyclic) bond motifs is 1. The molecule has 1 unspecified atom stereocenters. The average Bonchev–Trinajstić information content (AvgIpc) is 3.81. The maximum atomic E-state index is 15.5. The molecule has 314 valence electrons. The first-order valence-corrected chi connectivity index (χ1v) is 21.9. The van der Waals surface area contributed by atoms with Gasteiger partial charge < -0.3 is 24.8 Å². The Morgan fingerprint density at radius 2 is 1.67 bits per heavy atom. The van der Waals surface area contributed by atoms with Crippen LogP contribution in [0.1, 0.15) is 100 Å². The zero-order valence-electron chi connectivity index (χ0n) is 33.0. The van der Waals surface area contributed by atoms with E-state index in [0.29, 0.717) is 40.4 Å². The number of hydrogen-bond acceptors (Lipinski definition) is 13. The molecule has 3 aromatic rings. The predicted molar refractivity (Wildman–Crippen MR) is 219 cm³/mol. The van der Waals surface area contributed by atoms with E-state index in [1.54, 1.807) is 18.2 Å². The van der Waals surface area contributed by atoms with Crippen LogP contribution in [0, 0.1) is 28.5 Å². The number of amides is 5. The lowest BCUT2D eigenvalue weighted by molar-refractivity contribution is -0.136. The van der Waals surface area contributed by atoms with Crippen LogP contribution >= 0.6 is 22.9 Å². The lowest BCUT2D eigenvalue weighted by Crippen LogP contribution is -2.60. The zero-order valence-corrected chi connectivity index (χ0v) is 34.5. The van der Waals surface area contributed by atoms with Crippen molar-refractivity contribution in [2.24, 2.45) is 11.3 Å². The molecule has 18 heteroatoms. The summed E-state index contributed by atoms with van der Waals surface area (Å²) in [7, 11) is 0. The average molecular weight is 858 g/mol. The summed E-state index contributed by atoms with van der Waals surface area (Å²) in [6.45, 7) is 6.04. The van der Waals surface area contributed by atoms with E-state index >= 15 is 4.39 Å². The number of nitriles is 1. The van der Waals surface area contributed by atoms with E-state index < -0.39 is 35.5 Å². The topological polar surface area (TPSA) is 181 Å². The summed E-state index contributed by atoms with van der Waals surface area (Å²) in [5.41, 5.74) is 0.961. The highest BCUT2D eigenvalue weighted by molar-refractivity contribution is 7.17. The smallest absolute Gasteiger partial charge is 0.282 e. The summed E-state index contributed by atoms with van der Waals surface area (Å²) in [6, 6.07) is 8.63. The Morgan fingerprint density at radius 3 is 2.35 bits per heavy atom. The van der Waals surface area contributed by atoms with E-state index in [0.717, 1.165) is 100 Å². The van der Waals surface area contributed by atoms with Crippen molar-refractivity contribution in [3.05, 3.63) is 62.9 Å². The normalized spacial score (nSPS) is 24.6. The Hall–Kier alpha value is -5.18. The summed E-state index contributed by atoms with van der Waals surface area (Å²) >= 11 is 7.49. The van der Waals surface area contributed by atoms with Crippen LogP contribution in [0.2, 0.25) is 5.02 Å². The Labute approximate surface area is 355 Å². The third kappa shape index (κ3) is 7.92. The van der Waals surface area contributed by atoms with Crippen LogP contribution in [0.15, 0.2) is 30.3 Å². The van der Waals surface area contributed by atoms with E-state index in [1.807, 2.05) is 4.90 Å². The first kappa shape index (κ1) is 40.2. The maximum absolute atomic E-state index is 15.5. The molecule has 1 atom stereocenters. The number of nitrogens with one attached hydrogen (secondary N) is 2. The first-order chi connectivity index (χ1) is 29.0. The SMILES string of the molecule is N#Cc1ccc(OC2CCC(NC(=O)c3nnc(N4CC5(CCN(CC6CCN(c7cc8c(cc7F)C(=O)N(C7CCC(=O)NC7=O)C8=O)CC6)CC5)C4)s3)CC2)cc1Cl. The molecule has 4 saturated heterocycles.